The highest BCUT2D eigenvalue weighted by Gasteiger charge is 2.29. The van der Waals surface area contributed by atoms with Gasteiger partial charge in [-0.3, -0.25) is 9.59 Å². The Bertz CT molecular complexity index is 1590. The van der Waals surface area contributed by atoms with Crippen LogP contribution in [0.15, 0.2) is 103 Å². The fourth-order valence-electron chi connectivity index (χ4n) is 5.57. The number of ketones is 1. The van der Waals surface area contributed by atoms with Crippen LogP contribution in [0.25, 0.3) is 0 Å². The van der Waals surface area contributed by atoms with Gasteiger partial charge in [-0.2, -0.15) is 0 Å². The van der Waals surface area contributed by atoms with Crippen LogP contribution in [0.5, 0.6) is 5.75 Å². The summed E-state index contributed by atoms with van der Waals surface area (Å²) in [6.07, 6.45) is 3.79. The molecule has 1 fully saturated rings. The molecule has 0 radical (unpaired) electrons. The van der Waals surface area contributed by atoms with Crippen molar-refractivity contribution in [2.45, 2.75) is 38.1 Å². The topological polar surface area (TPSA) is 95.9 Å². The van der Waals surface area contributed by atoms with Gasteiger partial charge in [-0.05, 0) is 54.8 Å². The van der Waals surface area contributed by atoms with Gasteiger partial charge in [0.25, 0.3) is 0 Å². The fraction of sp³-hybridized carbons (Fsp3) is 0.250. The third kappa shape index (κ3) is 7.50. The summed E-state index contributed by atoms with van der Waals surface area (Å²) in [5.41, 5.74) is 2.37. The maximum atomic E-state index is 14.6. The van der Waals surface area contributed by atoms with E-state index in [1.165, 1.54) is 11.0 Å². The number of carboxylic acid groups (broad SMARTS) is 1. The molecule has 0 heterocycles. The number of anilines is 2. The number of nitrogens with one attached hydrogen (secondary N) is 1. The van der Waals surface area contributed by atoms with Crippen molar-refractivity contribution in [1.82, 2.24) is 0 Å². The first-order chi connectivity index (χ1) is 21.4. The van der Waals surface area contributed by atoms with E-state index in [2.05, 4.69) is 5.32 Å². The number of nitrogens with zero attached hydrogens (tertiary/aromatic N) is 1. The summed E-state index contributed by atoms with van der Waals surface area (Å²) in [5.74, 6) is -1.32. The minimum Gasteiger partial charge on any atom is -0.492 e. The highest BCUT2D eigenvalue weighted by Crippen LogP contribution is 2.30. The molecule has 7 nitrogen and oxygen atoms in total. The van der Waals surface area contributed by atoms with E-state index >= 15 is 0 Å². The first-order valence-corrected chi connectivity index (χ1v) is 14.9. The highest BCUT2D eigenvalue weighted by atomic mass is 19.1. The van der Waals surface area contributed by atoms with Gasteiger partial charge in [0, 0.05) is 29.2 Å². The molecule has 2 N–H and O–H groups in total. The number of para-hydroxylation sites is 2. The van der Waals surface area contributed by atoms with Crippen molar-refractivity contribution in [3.63, 3.8) is 0 Å². The minimum absolute atomic E-state index is 0.0780. The number of carbonyl (C=O) groups excluding carboxylic acids is 2. The van der Waals surface area contributed by atoms with E-state index in [1.807, 2.05) is 6.07 Å². The molecule has 0 spiro atoms. The Morgan fingerprint density at radius 1 is 0.864 bits per heavy atom. The number of hydrogen-bond donors (Lipinski definition) is 2. The van der Waals surface area contributed by atoms with Gasteiger partial charge in [0.15, 0.2) is 5.78 Å². The number of rotatable bonds is 13. The van der Waals surface area contributed by atoms with Gasteiger partial charge in [-0.25, -0.2) is 9.18 Å². The quantitative estimate of drug-likeness (QED) is 0.166. The van der Waals surface area contributed by atoms with Crippen molar-refractivity contribution < 1.29 is 28.6 Å². The number of benzene rings is 4. The monoisotopic (exact) mass is 594 g/mol. The van der Waals surface area contributed by atoms with Crippen LogP contribution in [0.4, 0.5) is 15.8 Å². The third-order valence-corrected chi connectivity index (χ3v) is 7.90. The molecule has 1 unspecified atom stereocenters. The first kappa shape index (κ1) is 30.5. The Morgan fingerprint density at radius 3 is 2.23 bits per heavy atom. The Balaban J connectivity index is 1.22. The molecule has 4 aromatic rings. The van der Waals surface area contributed by atoms with Gasteiger partial charge >= 0.3 is 5.97 Å². The third-order valence-electron chi connectivity index (χ3n) is 7.90. The maximum absolute atomic E-state index is 14.6. The Kier molecular flexibility index (Phi) is 10.0. The summed E-state index contributed by atoms with van der Waals surface area (Å²) in [4.78, 5) is 40.0. The fourth-order valence-corrected chi connectivity index (χ4v) is 5.57. The second-order valence-corrected chi connectivity index (χ2v) is 10.9. The van der Waals surface area contributed by atoms with Crippen LogP contribution in [-0.2, 0) is 16.0 Å². The van der Waals surface area contributed by atoms with Crippen molar-refractivity contribution in [1.29, 1.82) is 0 Å². The van der Waals surface area contributed by atoms with Crippen molar-refractivity contribution in [2.24, 2.45) is 5.92 Å². The van der Waals surface area contributed by atoms with E-state index in [0.29, 0.717) is 22.6 Å². The largest absolute Gasteiger partial charge is 0.492 e. The van der Waals surface area contributed by atoms with E-state index in [0.717, 1.165) is 31.2 Å². The lowest BCUT2D eigenvalue weighted by Gasteiger charge is -2.26. The summed E-state index contributed by atoms with van der Waals surface area (Å²) in [5, 5.41) is 13.0. The summed E-state index contributed by atoms with van der Waals surface area (Å²) in [7, 11) is 0. The maximum Gasteiger partial charge on any atom is 0.326 e. The Morgan fingerprint density at radius 2 is 1.52 bits per heavy atom. The molecule has 1 saturated carbocycles. The number of aliphatic carboxylic acids is 1. The average Bonchev–Trinajstić information content (AvgIpc) is 3.59. The SMILES string of the molecule is O=C(c1ccccc1)c1ccccc1NC(Cc1ccc(OCCN(C(=O)C2CCCC2)c2ccccc2F)cc1)C(=O)O. The molecule has 8 heteroatoms. The molecule has 0 aliphatic heterocycles. The summed E-state index contributed by atoms with van der Waals surface area (Å²) < 4.78 is 20.5. The lowest BCUT2D eigenvalue weighted by Crippen LogP contribution is -2.38. The van der Waals surface area contributed by atoms with Crippen LogP contribution in [0, 0.1) is 11.7 Å². The van der Waals surface area contributed by atoms with Crippen LogP contribution in [0.2, 0.25) is 0 Å². The van der Waals surface area contributed by atoms with Crippen LogP contribution in [0.3, 0.4) is 0 Å². The predicted molar refractivity (Wildman–Crippen MR) is 168 cm³/mol. The van der Waals surface area contributed by atoms with E-state index in [9.17, 15) is 23.9 Å². The summed E-state index contributed by atoms with van der Waals surface area (Å²) in [6, 6.07) is 28.1. The number of carboxylic acids is 1. The minimum atomic E-state index is -1.05. The molecule has 226 valence electrons. The van der Waals surface area contributed by atoms with Gasteiger partial charge in [-0.1, -0.05) is 79.6 Å². The average molecular weight is 595 g/mol. The molecule has 0 aromatic heterocycles. The van der Waals surface area contributed by atoms with E-state index in [4.69, 9.17) is 4.74 Å². The van der Waals surface area contributed by atoms with Crippen LogP contribution in [-0.4, -0.2) is 42.0 Å². The number of carbonyl (C=O) groups is 3. The second-order valence-electron chi connectivity index (χ2n) is 10.9. The first-order valence-electron chi connectivity index (χ1n) is 14.9. The zero-order valence-corrected chi connectivity index (χ0v) is 24.3. The van der Waals surface area contributed by atoms with E-state index < -0.39 is 17.8 Å². The lowest BCUT2D eigenvalue weighted by molar-refractivity contribution is -0.137. The number of amides is 1. The van der Waals surface area contributed by atoms with Crippen LogP contribution >= 0.6 is 0 Å². The summed E-state index contributed by atoms with van der Waals surface area (Å²) in [6.45, 7) is 0.363. The van der Waals surface area contributed by atoms with Gasteiger partial charge in [0.05, 0.1) is 12.2 Å². The van der Waals surface area contributed by atoms with Crippen LogP contribution in [0.1, 0.15) is 47.2 Å². The molecule has 1 atom stereocenters. The predicted octanol–water partition coefficient (Wildman–Crippen LogP) is 6.77. The Hall–Kier alpha value is -4.98. The molecule has 5 rings (SSSR count). The molecule has 44 heavy (non-hydrogen) atoms. The molecule has 4 aromatic carbocycles. The standard InChI is InChI=1S/C36H35FN2O5/c37-30-15-7-9-17-33(30)39(35(41)27-12-4-5-13-27)22-23-44-28-20-18-25(19-21-28)24-32(36(42)43)38-31-16-8-6-14-29(31)34(40)26-10-2-1-3-11-26/h1-3,6-11,14-21,27,32,38H,4-5,12-13,22-24H2,(H,42,43). The summed E-state index contributed by atoms with van der Waals surface area (Å²) >= 11 is 0. The molecule has 0 saturated heterocycles. The molecule has 1 aliphatic rings. The van der Waals surface area contributed by atoms with Crippen LogP contribution < -0.4 is 15.0 Å². The molecular formula is C36H35FN2O5. The molecule has 1 aliphatic carbocycles. The van der Waals surface area contributed by atoms with Crippen molar-refractivity contribution in [3.8, 4) is 5.75 Å². The highest BCUT2D eigenvalue weighted by molar-refractivity contribution is 6.12. The molecule has 0 bridgehead atoms. The second kappa shape index (κ2) is 14.5. The smallest absolute Gasteiger partial charge is 0.326 e. The van der Waals surface area contributed by atoms with E-state index in [1.54, 1.807) is 91.0 Å². The Labute approximate surface area is 256 Å². The number of ether oxygens (including phenoxy) is 1. The zero-order chi connectivity index (χ0) is 30.9. The molecular weight excluding hydrogens is 559 g/mol. The van der Waals surface area contributed by atoms with Gasteiger partial charge in [-0.15, -0.1) is 0 Å². The van der Waals surface area contributed by atoms with Crippen molar-refractivity contribution in [2.75, 3.05) is 23.4 Å². The van der Waals surface area contributed by atoms with Crippen molar-refractivity contribution in [3.05, 3.63) is 126 Å². The lowest BCUT2D eigenvalue weighted by atomic mass is 10.00. The van der Waals surface area contributed by atoms with Crippen molar-refractivity contribution >= 4 is 29.0 Å². The zero-order valence-electron chi connectivity index (χ0n) is 24.3. The normalized spacial score (nSPS) is 13.7. The number of halogens is 1. The van der Waals surface area contributed by atoms with E-state index in [-0.39, 0.29) is 42.9 Å². The molecule has 1 amide bonds. The van der Waals surface area contributed by atoms with Gasteiger partial charge in [0.1, 0.15) is 24.2 Å². The van der Waals surface area contributed by atoms with Gasteiger partial charge < -0.3 is 20.1 Å². The van der Waals surface area contributed by atoms with Gasteiger partial charge in [0.2, 0.25) is 5.91 Å². The number of hydrogen-bond acceptors (Lipinski definition) is 5.